The van der Waals surface area contributed by atoms with Crippen LogP contribution in [0, 0.1) is 29.1 Å². The molecule has 0 aliphatic carbocycles. The smallest absolute Gasteiger partial charge is 0.203 e. The number of rotatable bonds is 3. The van der Waals surface area contributed by atoms with Gasteiger partial charge >= 0.3 is 18.0 Å². The first-order valence-corrected chi connectivity index (χ1v) is 5.42. The van der Waals surface area contributed by atoms with Gasteiger partial charge in [-0.1, -0.05) is 6.92 Å². The Labute approximate surface area is 119 Å². The maximum Gasteiger partial charge on any atom is 0.459 e. The van der Waals surface area contributed by atoms with Gasteiger partial charge in [0.2, 0.25) is 5.82 Å². The van der Waals surface area contributed by atoms with Gasteiger partial charge in [-0.15, -0.1) is 0 Å². The lowest BCUT2D eigenvalue weighted by Gasteiger charge is -2.32. The average molecular weight is 364 g/mol. The molecule has 23 heavy (non-hydrogen) atoms. The van der Waals surface area contributed by atoms with Gasteiger partial charge in [-0.25, -0.2) is 22.0 Å². The molecule has 0 nitrogen and oxygen atoms in total. The molecule has 0 bridgehead atoms. The lowest BCUT2D eigenvalue weighted by atomic mass is 9.89. The normalized spacial score (nSPS) is 15.0. The van der Waals surface area contributed by atoms with Gasteiger partial charge in [0, 0.05) is 5.56 Å². The number of hydrogen-bond acceptors (Lipinski definition) is 0. The lowest BCUT2D eigenvalue weighted by Crippen LogP contribution is -2.54. The Hall–Kier alpha value is -1.62. The molecule has 0 amide bonds. The Morgan fingerprint density at radius 1 is 0.609 bits per heavy atom. The van der Waals surface area contributed by atoms with Crippen LogP contribution < -0.4 is 0 Å². The van der Waals surface area contributed by atoms with Crippen LogP contribution in [-0.2, 0) is 0 Å². The maximum atomic E-state index is 13.4. The summed E-state index contributed by atoms with van der Waals surface area (Å²) in [4.78, 5) is 0. The highest BCUT2D eigenvalue weighted by Gasteiger charge is 2.75. The highest BCUT2D eigenvalue weighted by molar-refractivity contribution is 5.29. The Kier molecular flexibility index (Phi) is 4.63. The fraction of sp³-hybridized carbons (Fsp3) is 0.455. The summed E-state index contributed by atoms with van der Waals surface area (Å²) in [7, 11) is 0. The molecule has 132 valence electrons. The minimum absolute atomic E-state index is 0.224. The molecule has 0 saturated heterocycles. The summed E-state index contributed by atoms with van der Waals surface area (Å²) in [5.74, 6) is -30.8. The van der Waals surface area contributed by atoms with Crippen molar-refractivity contribution in [3.05, 3.63) is 34.6 Å². The van der Waals surface area contributed by atoms with Gasteiger partial charge in [0.05, 0.1) is 5.92 Å². The van der Waals surface area contributed by atoms with E-state index in [2.05, 4.69) is 0 Å². The Balaban J connectivity index is 3.61. The molecule has 0 aromatic heterocycles. The third-order valence-electron chi connectivity index (χ3n) is 3.00. The molecule has 1 atom stereocenters. The van der Waals surface area contributed by atoms with E-state index < -0.39 is 58.6 Å². The van der Waals surface area contributed by atoms with Crippen LogP contribution in [0.3, 0.4) is 0 Å². The molecule has 1 rings (SSSR count). The summed E-state index contributed by atoms with van der Waals surface area (Å²) in [5.41, 5.74) is -2.48. The second-order valence-corrected chi connectivity index (χ2v) is 4.40. The van der Waals surface area contributed by atoms with Crippen molar-refractivity contribution < 1.29 is 52.7 Å². The molecular weight excluding hydrogens is 360 g/mol. The molecule has 1 aromatic rings. The highest BCUT2D eigenvalue weighted by atomic mass is 19.4. The third kappa shape index (κ3) is 2.71. The van der Waals surface area contributed by atoms with Crippen molar-refractivity contribution >= 4 is 0 Å². The van der Waals surface area contributed by atoms with E-state index in [-0.39, 0.29) is 6.92 Å². The van der Waals surface area contributed by atoms with Crippen molar-refractivity contribution in [1.82, 2.24) is 0 Å². The van der Waals surface area contributed by atoms with Crippen molar-refractivity contribution in [2.24, 2.45) is 0 Å². The van der Waals surface area contributed by atoms with Crippen molar-refractivity contribution in [1.29, 1.82) is 0 Å². The summed E-state index contributed by atoms with van der Waals surface area (Å²) in [5, 5.41) is 0. The van der Waals surface area contributed by atoms with Gasteiger partial charge in [0.1, 0.15) is 0 Å². The topological polar surface area (TPSA) is 0 Å². The van der Waals surface area contributed by atoms with Crippen LogP contribution in [0.5, 0.6) is 0 Å². The van der Waals surface area contributed by atoms with Gasteiger partial charge in [-0.3, -0.25) is 0 Å². The van der Waals surface area contributed by atoms with Crippen molar-refractivity contribution in [2.45, 2.75) is 30.9 Å². The third-order valence-corrected chi connectivity index (χ3v) is 3.00. The SMILES string of the molecule is CC(c1c(F)c(F)c(F)c(F)c1F)C(F)(F)C(F)(F)C(F)(F)F. The zero-order valence-electron chi connectivity index (χ0n) is 10.6. The zero-order valence-corrected chi connectivity index (χ0v) is 10.6. The standard InChI is InChI=1S/C11H4F12/c1-2(9(17,18)10(19,20)11(21,22)23)3-4(12)6(14)8(16)7(15)5(3)13/h2H,1H3. The van der Waals surface area contributed by atoms with Crippen molar-refractivity contribution in [3.8, 4) is 0 Å². The number of alkyl halides is 7. The predicted molar refractivity (Wildman–Crippen MR) is 50.6 cm³/mol. The van der Waals surface area contributed by atoms with E-state index >= 15 is 0 Å². The van der Waals surface area contributed by atoms with Crippen LogP contribution in [0.1, 0.15) is 18.4 Å². The van der Waals surface area contributed by atoms with E-state index in [0.29, 0.717) is 0 Å². The Morgan fingerprint density at radius 2 is 0.913 bits per heavy atom. The highest BCUT2D eigenvalue weighted by Crippen LogP contribution is 2.53. The minimum atomic E-state index is -6.82. The van der Waals surface area contributed by atoms with E-state index in [0.717, 1.165) is 0 Å². The fourth-order valence-electron chi connectivity index (χ4n) is 1.64. The van der Waals surface area contributed by atoms with E-state index in [1.54, 1.807) is 0 Å². The lowest BCUT2D eigenvalue weighted by molar-refractivity contribution is -0.358. The molecule has 0 saturated carbocycles. The molecule has 0 aliphatic rings. The van der Waals surface area contributed by atoms with E-state index in [4.69, 9.17) is 0 Å². The summed E-state index contributed by atoms with van der Waals surface area (Å²) >= 11 is 0. The summed E-state index contributed by atoms with van der Waals surface area (Å²) < 4.78 is 153. The largest absolute Gasteiger partial charge is 0.459 e. The monoisotopic (exact) mass is 364 g/mol. The molecular formula is C11H4F12. The number of benzene rings is 1. The Bertz CT molecular complexity index is 585. The van der Waals surface area contributed by atoms with Gasteiger partial charge < -0.3 is 0 Å². The molecule has 0 radical (unpaired) electrons. The first-order valence-electron chi connectivity index (χ1n) is 5.42. The predicted octanol–water partition coefficient (Wildman–Crippen LogP) is 5.32. The first kappa shape index (κ1) is 19.4. The molecule has 1 aromatic carbocycles. The molecule has 0 fully saturated rings. The quantitative estimate of drug-likeness (QED) is 0.387. The number of hydrogen-bond donors (Lipinski definition) is 0. The molecule has 0 N–H and O–H groups in total. The summed E-state index contributed by atoms with van der Waals surface area (Å²) in [6.45, 7) is -0.224. The zero-order chi connectivity index (χ0) is 18.5. The van der Waals surface area contributed by atoms with Gasteiger partial charge in [0.25, 0.3) is 0 Å². The van der Waals surface area contributed by atoms with E-state index in [9.17, 15) is 52.7 Å². The van der Waals surface area contributed by atoms with Gasteiger partial charge in [0.15, 0.2) is 23.3 Å². The van der Waals surface area contributed by atoms with Crippen LogP contribution >= 0.6 is 0 Å². The number of halogens is 12. The second kappa shape index (κ2) is 5.48. The van der Waals surface area contributed by atoms with E-state index in [1.165, 1.54) is 0 Å². The Morgan fingerprint density at radius 3 is 1.22 bits per heavy atom. The van der Waals surface area contributed by atoms with Crippen LogP contribution in [0.2, 0.25) is 0 Å². The van der Waals surface area contributed by atoms with E-state index in [1.807, 2.05) is 0 Å². The summed E-state index contributed by atoms with van der Waals surface area (Å²) in [6, 6.07) is 0. The van der Waals surface area contributed by atoms with Crippen LogP contribution in [0.15, 0.2) is 0 Å². The molecule has 0 aliphatic heterocycles. The first-order chi connectivity index (χ1) is 10.1. The average Bonchev–Trinajstić information content (AvgIpc) is 2.41. The molecule has 0 heterocycles. The molecule has 1 unspecified atom stereocenters. The van der Waals surface area contributed by atoms with Crippen LogP contribution in [0.4, 0.5) is 52.7 Å². The van der Waals surface area contributed by atoms with Crippen LogP contribution in [-0.4, -0.2) is 18.0 Å². The minimum Gasteiger partial charge on any atom is -0.203 e. The second-order valence-electron chi connectivity index (χ2n) is 4.40. The fourth-order valence-corrected chi connectivity index (χ4v) is 1.64. The van der Waals surface area contributed by atoms with Gasteiger partial charge in [-0.2, -0.15) is 30.7 Å². The molecule has 0 spiro atoms. The maximum absolute atomic E-state index is 13.4. The van der Waals surface area contributed by atoms with Crippen molar-refractivity contribution in [3.63, 3.8) is 0 Å². The van der Waals surface area contributed by atoms with Gasteiger partial charge in [-0.05, 0) is 0 Å². The summed E-state index contributed by atoms with van der Waals surface area (Å²) in [6.07, 6.45) is -6.82. The van der Waals surface area contributed by atoms with Crippen LogP contribution in [0.25, 0.3) is 0 Å². The molecule has 12 heteroatoms. The van der Waals surface area contributed by atoms with Crippen molar-refractivity contribution in [2.75, 3.05) is 0 Å².